The van der Waals surface area contributed by atoms with Crippen molar-refractivity contribution in [3.63, 3.8) is 0 Å². The maximum Gasteiger partial charge on any atom is 0.251 e. The number of benzene rings is 5. The van der Waals surface area contributed by atoms with Gasteiger partial charge in [-0.2, -0.15) is 5.10 Å². The zero-order chi connectivity index (χ0) is 36.4. The maximum atomic E-state index is 14.6. The smallest absolute Gasteiger partial charge is 0.251 e. The third kappa shape index (κ3) is 6.62. The highest BCUT2D eigenvalue weighted by atomic mass is 19.1. The van der Waals surface area contributed by atoms with Crippen LogP contribution in [0.5, 0.6) is 0 Å². The zero-order valence-electron chi connectivity index (χ0n) is 30.0. The quantitative estimate of drug-likeness (QED) is 0.148. The van der Waals surface area contributed by atoms with Gasteiger partial charge in [0.05, 0.1) is 17.3 Å². The van der Waals surface area contributed by atoms with Gasteiger partial charge >= 0.3 is 0 Å². The third-order valence-electron chi connectivity index (χ3n) is 11.0. The van der Waals surface area contributed by atoms with Crippen LogP contribution in [0, 0.1) is 5.82 Å². The van der Waals surface area contributed by atoms with Crippen molar-refractivity contribution in [2.45, 2.75) is 68.6 Å². The Morgan fingerprint density at radius 2 is 1.51 bits per heavy atom. The fourth-order valence-electron chi connectivity index (χ4n) is 8.52. The fourth-order valence-corrected chi connectivity index (χ4v) is 8.52. The van der Waals surface area contributed by atoms with Gasteiger partial charge in [0.15, 0.2) is 0 Å². The Kier molecular flexibility index (Phi) is 9.35. The highest BCUT2D eigenvalue weighted by molar-refractivity contribution is 6.02. The minimum Gasteiger partial charge on any atom is -0.349 e. The number of aromatic nitrogens is 2. The van der Waals surface area contributed by atoms with E-state index in [9.17, 15) is 9.18 Å². The van der Waals surface area contributed by atoms with Gasteiger partial charge in [-0.1, -0.05) is 109 Å². The minimum absolute atomic E-state index is 0.107. The summed E-state index contributed by atoms with van der Waals surface area (Å²) in [5, 5.41) is 9.74. The molecule has 6 aromatic rings. The number of fused-ring (bicyclic) bond motifs is 1. The van der Waals surface area contributed by atoms with Crippen LogP contribution in [-0.2, 0) is 12.0 Å². The molecule has 2 heterocycles. The summed E-state index contributed by atoms with van der Waals surface area (Å²) < 4.78 is 16.7. The van der Waals surface area contributed by atoms with E-state index in [0.29, 0.717) is 24.0 Å². The van der Waals surface area contributed by atoms with E-state index in [-0.39, 0.29) is 23.8 Å². The number of allylic oxidation sites excluding steroid dienone is 1. The van der Waals surface area contributed by atoms with Gasteiger partial charge in [-0.3, -0.25) is 9.79 Å². The van der Waals surface area contributed by atoms with Crippen LogP contribution in [0.15, 0.2) is 145 Å². The second-order valence-electron chi connectivity index (χ2n) is 14.7. The Hall–Kier alpha value is -5.66. The Bertz CT molecular complexity index is 2200. The van der Waals surface area contributed by atoms with Crippen molar-refractivity contribution < 1.29 is 9.18 Å². The van der Waals surface area contributed by atoms with E-state index >= 15 is 0 Å². The summed E-state index contributed by atoms with van der Waals surface area (Å²) in [6, 6.07) is 44.3. The monoisotopic (exact) mass is 701 g/mol. The van der Waals surface area contributed by atoms with Gasteiger partial charge in [-0.15, -0.1) is 0 Å². The number of nitrogens with two attached hydrogens (primary N) is 1. The fraction of sp³-hybridized carbons (Fsp3) is 0.239. The molecule has 6 nitrogen and oxygen atoms in total. The van der Waals surface area contributed by atoms with Crippen LogP contribution in [0.3, 0.4) is 0 Å². The molecule has 0 spiro atoms. The first-order chi connectivity index (χ1) is 25.8. The highest BCUT2D eigenvalue weighted by Gasteiger charge is 2.41. The molecule has 7 heteroatoms. The molecule has 0 bridgehead atoms. The minimum atomic E-state index is -0.830. The molecule has 1 fully saturated rings. The van der Waals surface area contributed by atoms with Crippen LogP contribution in [0.4, 0.5) is 4.39 Å². The number of carbonyl (C=O) groups excluding carboxylic acids is 1. The van der Waals surface area contributed by atoms with Crippen molar-refractivity contribution in [1.82, 2.24) is 15.1 Å². The molecular formula is C46H44FN5O. The molecule has 53 heavy (non-hydrogen) atoms. The van der Waals surface area contributed by atoms with Crippen molar-refractivity contribution in [3.8, 4) is 0 Å². The van der Waals surface area contributed by atoms with Gasteiger partial charge < -0.3 is 11.1 Å². The Balaban J connectivity index is 1.24. The van der Waals surface area contributed by atoms with Crippen LogP contribution in [0.2, 0.25) is 0 Å². The standard InChI is InChI=1S/C46H44FN5O/c1-32-28-33(25-27-49-32)43-40-29-34(44(53)50-39-21-13-26-45(48,31-39)30-35-14-11-12-22-41(35)47)23-24-42(40)52(51-43)46(36-15-5-2-6-16-36,37-17-7-3-8-18-37)38-19-9-4-10-20-38/h2-12,14-20,22-25,27,29,32,39H,13,21,26,28,30-31,48H2,1H3,(H,50,53)/t32?,39-,45-/m1/s1. The Labute approximate surface area is 310 Å². The molecule has 8 rings (SSSR count). The number of nitrogens with zero attached hydrogens (tertiary/aromatic N) is 3. The van der Waals surface area contributed by atoms with Gasteiger partial charge in [0.1, 0.15) is 11.4 Å². The molecule has 1 unspecified atom stereocenters. The molecule has 3 atom stereocenters. The predicted molar refractivity (Wildman–Crippen MR) is 212 cm³/mol. The Morgan fingerprint density at radius 3 is 2.13 bits per heavy atom. The van der Waals surface area contributed by atoms with E-state index < -0.39 is 11.1 Å². The number of aliphatic imine (C=N–C) groups is 1. The number of dihydropyridines is 1. The summed E-state index contributed by atoms with van der Waals surface area (Å²) in [6.07, 6.45) is 8.13. The first-order valence-corrected chi connectivity index (χ1v) is 18.6. The number of nitrogens with one attached hydrogen (secondary N) is 1. The van der Waals surface area contributed by atoms with E-state index in [2.05, 4.69) is 94.7 Å². The van der Waals surface area contributed by atoms with Gasteiger partial charge in [0.2, 0.25) is 0 Å². The van der Waals surface area contributed by atoms with Gasteiger partial charge in [0, 0.05) is 28.7 Å². The molecular weight excluding hydrogens is 658 g/mol. The van der Waals surface area contributed by atoms with Crippen molar-refractivity contribution >= 4 is 28.6 Å². The van der Waals surface area contributed by atoms with E-state index in [0.717, 1.165) is 64.5 Å². The lowest BCUT2D eigenvalue weighted by Gasteiger charge is -2.38. The van der Waals surface area contributed by atoms with E-state index in [1.807, 2.05) is 54.8 Å². The zero-order valence-corrected chi connectivity index (χ0v) is 30.0. The summed E-state index contributed by atoms with van der Waals surface area (Å²) in [5.41, 5.74) is 12.7. The molecule has 1 saturated carbocycles. The number of amides is 1. The van der Waals surface area contributed by atoms with Crippen molar-refractivity contribution in [2.24, 2.45) is 10.7 Å². The van der Waals surface area contributed by atoms with Crippen LogP contribution < -0.4 is 11.1 Å². The molecule has 1 aliphatic carbocycles. The van der Waals surface area contributed by atoms with Crippen molar-refractivity contribution in [3.05, 3.63) is 179 Å². The molecule has 5 aromatic carbocycles. The summed E-state index contributed by atoms with van der Waals surface area (Å²) >= 11 is 0. The van der Waals surface area contributed by atoms with E-state index in [1.54, 1.807) is 12.1 Å². The molecule has 0 saturated heterocycles. The molecule has 266 valence electrons. The molecule has 3 N–H and O–H groups in total. The Morgan fingerprint density at radius 1 is 0.887 bits per heavy atom. The lowest BCUT2D eigenvalue weighted by Crippen LogP contribution is -2.52. The number of rotatable bonds is 9. The first kappa shape index (κ1) is 34.4. The van der Waals surface area contributed by atoms with Crippen LogP contribution in [0.1, 0.15) is 77.3 Å². The molecule has 0 radical (unpaired) electrons. The summed E-state index contributed by atoms with van der Waals surface area (Å²) in [5.74, 6) is -0.392. The summed E-state index contributed by atoms with van der Waals surface area (Å²) in [7, 11) is 0. The maximum absolute atomic E-state index is 14.6. The average Bonchev–Trinajstić information content (AvgIpc) is 3.56. The predicted octanol–water partition coefficient (Wildman–Crippen LogP) is 8.87. The van der Waals surface area contributed by atoms with Gasteiger partial charge in [-0.25, -0.2) is 9.07 Å². The lowest BCUT2D eigenvalue weighted by atomic mass is 9.76. The third-order valence-corrected chi connectivity index (χ3v) is 11.0. The number of carbonyl (C=O) groups is 1. The highest BCUT2D eigenvalue weighted by Crippen LogP contribution is 2.44. The molecule has 1 amide bonds. The first-order valence-electron chi connectivity index (χ1n) is 18.6. The summed E-state index contributed by atoms with van der Waals surface area (Å²) in [6.45, 7) is 2.11. The van der Waals surface area contributed by atoms with Gasteiger partial charge in [-0.05, 0) is 104 Å². The largest absolute Gasteiger partial charge is 0.349 e. The van der Waals surface area contributed by atoms with E-state index in [1.165, 1.54) is 6.07 Å². The lowest BCUT2D eigenvalue weighted by molar-refractivity contribution is 0.0914. The number of halogens is 1. The SMILES string of the molecule is CC1CC(c2nn(C(c3ccccc3)(c3ccccc3)c3ccccc3)c3ccc(C(=O)N[C@@H]4CCC[C@@](N)(Cc5ccccc5F)C4)cc23)=CC=N1. The average molecular weight is 702 g/mol. The van der Waals surface area contributed by atoms with Crippen LogP contribution >= 0.6 is 0 Å². The van der Waals surface area contributed by atoms with Crippen molar-refractivity contribution in [1.29, 1.82) is 0 Å². The summed E-state index contributed by atoms with van der Waals surface area (Å²) in [4.78, 5) is 18.7. The normalized spacial score (nSPS) is 20.2. The second-order valence-corrected chi connectivity index (χ2v) is 14.7. The second kappa shape index (κ2) is 14.4. The molecule has 1 aromatic heterocycles. The van der Waals surface area contributed by atoms with Crippen LogP contribution in [0.25, 0.3) is 16.5 Å². The topological polar surface area (TPSA) is 85.3 Å². The van der Waals surface area contributed by atoms with E-state index in [4.69, 9.17) is 10.8 Å². The van der Waals surface area contributed by atoms with Crippen LogP contribution in [-0.4, -0.2) is 39.5 Å². The number of hydrogen-bond donors (Lipinski definition) is 2. The number of hydrogen-bond acceptors (Lipinski definition) is 4. The molecule has 2 aliphatic rings. The molecule has 1 aliphatic heterocycles. The van der Waals surface area contributed by atoms with Crippen molar-refractivity contribution in [2.75, 3.05) is 0 Å². The van der Waals surface area contributed by atoms with Gasteiger partial charge in [0.25, 0.3) is 5.91 Å².